The lowest BCUT2D eigenvalue weighted by Gasteiger charge is -2.29. The molecule has 1 aromatic rings. The third-order valence-electron chi connectivity index (χ3n) is 4.72. The standard InChI is InChI=1S/C17H29N3/c1-12-6-7-13(2)15(8-12)16(9-18)20-10-14(3)17(11-20)19(4)5/h6-8,14,16-17H,9-11,18H2,1-5H3. The van der Waals surface area contributed by atoms with Gasteiger partial charge in [0.05, 0.1) is 0 Å². The SMILES string of the molecule is Cc1ccc(C)c(C(CN)N2CC(C)C(N(C)C)C2)c1. The molecule has 1 saturated heterocycles. The van der Waals surface area contributed by atoms with Gasteiger partial charge in [-0.2, -0.15) is 0 Å². The molecule has 0 radical (unpaired) electrons. The van der Waals surface area contributed by atoms with Crippen LogP contribution in [0.4, 0.5) is 0 Å². The van der Waals surface area contributed by atoms with Crippen molar-refractivity contribution in [3.05, 3.63) is 34.9 Å². The van der Waals surface area contributed by atoms with Crippen LogP contribution in [0.15, 0.2) is 18.2 Å². The molecule has 2 rings (SSSR count). The molecule has 0 saturated carbocycles. The summed E-state index contributed by atoms with van der Waals surface area (Å²) >= 11 is 0. The van der Waals surface area contributed by atoms with Crippen LogP contribution in [0, 0.1) is 19.8 Å². The molecule has 1 aliphatic rings. The first-order chi connectivity index (χ1) is 9.43. The lowest BCUT2D eigenvalue weighted by Crippen LogP contribution is -2.37. The van der Waals surface area contributed by atoms with E-state index in [2.05, 4.69) is 62.9 Å². The Morgan fingerprint density at radius 1 is 1.30 bits per heavy atom. The van der Waals surface area contributed by atoms with E-state index in [9.17, 15) is 0 Å². The molecule has 1 fully saturated rings. The van der Waals surface area contributed by atoms with Gasteiger partial charge in [-0.15, -0.1) is 0 Å². The summed E-state index contributed by atoms with van der Waals surface area (Å²) in [6.07, 6.45) is 0. The van der Waals surface area contributed by atoms with Crippen molar-refractivity contribution in [1.29, 1.82) is 0 Å². The molecule has 0 amide bonds. The zero-order chi connectivity index (χ0) is 14.9. The molecule has 2 N–H and O–H groups in total. The highest BCUT2D eigenvalue weighted by Crippen LogP contribution is 2.30. The van der Waals surface area contributed by atoms with Crippen LogP contribution >= 0.6 is 0 Å². The van der Waals surface area contributed by atoms with Crippen LogP contribution in [-0.2, 0) is 0 Å². The van der Waals surface area contributed by atoms with Gasteiger partial charge in [-0.3, -0.25) is 4.90 Å². The van der Waals surface area contributed by atoms with Gasteiger partial charge in [-0.25, -0.2) is 0 Å². The van der Waals surface area contributed by atoms with Crippen molar-refractivity contribution < 1.29 is 0 Å². The van der Waals surface area contributed by atoms with Crippen LogP contribution < -0.4 is 5.73 Å². The Morgan fingerprint density at radius 3 is 2.55 bits per heavy atom. The first-order valence-corrected chi connectivity index (χ1v) is 7.61. The summed E-state index contributed by atoms with van der Waals surface area (Å²) in [4.78, 5) is 4.92. The second-order valence-corrected chi connectivity index (χ2v) is 6.57. The molecule has 0 aromatic heterocycles. The van der Waals surface area contributed by atoms with E-state index in [1.165, 1.54) is 16.7 Å². The van der Waals surface area contributed by atoms with Crippen molar-refractivity contribution >= 4 is 0 Å². The Balaban J connectivity index is 2.23. The summed E-state index contributed by atoms with van der Waals surface area (Å²) < 4.78 is 0. The number of nitrogens with zero attached hydrogens (tertiary/aromatic N) is 2. The average Bonchev–Trinajstić information content (AvgIpc) is 2.76. The highest BCUT2D eigenvalue weighted by Gasteiger charge is 2.35. The average molecular weight is 275 g/mol. The van der Waals surface area contributed by atoms with Gasteiger partial charge in [0.15, 0.2) is 0 Å². The minimum Gasteiger partial charge on any atom is -0.329 e. The fourth-order valence-electron chi connectivity index (χ4n) is 3.50. The van der Waals surface area contributed by atoms with E-state index in [0.717, 1.165) is 13.1 Å². The number of aryl methyl sites for hydroxylation is 2. The highest BCUT2D eigenvalue weighted by molar-refractivity contribution is 5.33. The number of nitrogens with two attached hydrogens (primary N) is 1. The summed E-state index contributed by atoms with van der Waals surface area (Å²) in [5.41, 5.74) is 10.2. The van der Waals surface area contributed by atoms with Gasteiger partial charge >= 0.3 is 0 Å². The molecular formula is C17H29N3. The van der Waals surface area contributed by atoms with Gasteiger partial charge in [0.25, 0.3) is 0 Å². The smallest absolute Gasteiger partial charge is 0.0473 e. The maximum Gasteiger partial charge on any atom is 0.0473 e. The van der Waals surface area contributed by atoms with E-state index in [1.54, 1.807) is 0 Å². The molecule has 0 aliphatic carbocycles. The van der Waals surface area contributed by atoms with Crippen molar-refractivity contribution in [2.75, 3.05) is 33.7 Å². The predicted octanol–water partition coefficient (Wildman–Crippen LogP) is 2.19. The van der Waals surface area contributed by atoms with Crippen LogP contribution in [0.2, 0.25) is 0 Å². The summed E-state index contributed by atoms with van der Waals surface area (Å²) in [7, 11) is 4.36. The minimum atomic E-state index is 0.349. The van der Waals surface area contributed by atoms with E-state index < -0.39 is 0 Å². The van der Waals surface area contributed by atoms with Crippen molar-refractivity contribution in [1.82, 2.24) is 9.80 Å². The third-order valence-corrected chi connectivity index (χ3v) is 4.72. The lowest BCUT2D eigenvalue weighted by molar-refractivity contribution is 0.219. The molecule has 3 unspecified atom stereocenters. The second kappa shape index (κ2) is 6.25. The lowest BCUT2D eigenvalue weighted by atomic mass is 9.98. The summed E-state index contributed by atoms with van der Waals surface area (Å²) in [5.74, 6) is 0.698. The van der Waals surface area contributed by atoms with Crippen LogP contribution in [0.5, 0.6) is 0 Å². The van der Waals surface area contributed by atoms with Gasteiger partial charge in [-0.1, -0.05) is 30.7 Å². The Morgan fingerprint density at radius 2 is 2.00 bits per heavy atom. The minimum absolute atomic E-state index is 0.349. The maximum absolute atomic E-state index is 6.12. The monoisotopic (exact) mass is 275 g/mol. The normalized spacial score (nSPS) is 25.4. The molecular weight excluding hydrogens is 246 g/mol. The van der Waals surface area contributed by atoms with E-state index in [1.807, 2.05) is 0 Å². The Kier molecular flexibility index (Phi) is 4.84. The quantitative estimate of drug-likeness (QED) is 0.914. The molecule has 112 valence electrons. The summed E-state index contributed by atoms with van der Waals surface area (Å²) in [6.45, 7) is 9.64. The molecule has 1 aromatic carbocycles. The van der Waals surface area contributed by atoms with Crippen LogP contribution in [-0.4, -0.2) is 49.6 Å². The van der Waals surface area contributed by atoms with Crippen molar-refractivity contribution in [3.8, 4) is 0 Å². The van der Waals surface area contributed by atoms with Crippen LogP contribution in [0.3, 0.4) is 0 Å². The molecule has 0 bridgehead atoms. The highest BCUT2D eigenvalue weighted by atomic mass is 15.3. The molecule has 3 heteroatoms. The second-order valence-electron chi connectivity index (χ2n) is 6.57. The van der Waals surface area contributed by atoms with Gasteiger partial charge in [0.2, 0.25) is 0 Å². The van der Waals surface area contributed by atoms with Gasteiger partial charge in [0, 0.05) is 31.7 Å². The van der Waals surface area contributed by atoms with Crippen molar-refractivity contribution in [3.63, 3.8) is 0 Å². The molecule has 3 nitrogen and oxygen atoms in total. The van der Waals surface area contributed by atoms with Crippen molar-refractivity contribution in [2.24, 2.45) is 11.7 Å². The fraction of sp³-hybridized carbons (Fsp3) is 0.647. The molecule has 20 heavy (non-hydrogen) atoms. The zero-order valence-electron chi connectivity index (χ0n) is 13.6. The molecule has 1 heterocycles. The van der Waals surface area contributed by atoms with E-state index in [4.69, 9.17) is 5.73 Å². The van der Waals surface area contributed by atoms with Gasteiger partial charge in [0.1, 0.15) is 0 Å². The Bertz CT molecular complexity index is 456. The Hall–Kier alpha value is -0.900. The number of likely N-dealkylation sites (N-methyl/N-ethyl adjacent to an activating group) is 1. The van der Waals surface area contributed by atoms with E-state index >= 15 is 0 Å². The zero-order valence-corrected chi connectivity index (χ0v) is 13.6. The number of likely N-dealkylation sites (tertiary alicyclic amines) is 1. The van der Waals surface area contributed by atoms with Crippen molar-refractivity contribution in [2.45, 2.75) is 32.9 Å². The number of hydrogen-bond acceptors (Lipinski definition) is 3. The maximum atomic E-state index is 6.12. The summed E-state index contributed by atoms with van der Waals surface area (Å²) in [6, 6.07) is 7.69. The molecule has 3 atom stereocenters. The topological polar surface area (TPSA) is 32.5 Å². The van der Waals surface area contributed by atoms with Gasteiger partial charge in [-0.05, 0) is 45.0 Å². The van der Waals surface area contributed by atoms with E-state index in [0.29, 0.717) is 24.5 Å². The number of benzene rings is 1. The first kappa shape index (κ1) is 15.5. The molecule has 0 spiro atoms. The van der Waals surface area contributed by atoms with Gasteiger partial charge < -0.3 is 10.6 Å². The van der Waals surface area contributed by atoms with Crippen LogP contribution in [0.25, 0.3) is 0 Å². The first-order valence-electron chi connectivity index (χ1n) is 7.61. The fourth-order valence-corrected chi connectivity index (χ4v) is 3.50. The van der Waals surface area contributed by atoms with Crippen LogP contribution in [0.1, 0.15) is 29.7 Å². The number of hydrogen-bond donors (Lipinski definition) is 1. The molecule has 1 aliphatic heterocycles. The van der Waals surface area contributed by atoms with E-state index in [-0.39, 0.29) is 0 Å². The number of rotatable bonds is 4. The summed E-state index contributed by atoms with van der Waals surface area (Å²) in [5, 5.41) is 0. The predicted molar refractivity (Wildman–Crippen MR) is 85.9 cm³/mol. The third kappa shape index (κ3) is 3.05. The Labute approximate surface area is 123 Å². The largest absolute Gasteiger partial charge is 0.329 e.